The Morgan fingerprint density at radius 2 is 1.88 bits per heavy atom. The second-order valence-electron chi connectivity index (χ2n) is 8.84. The molecule has 0 spiro atoms. The number of hydrogen-bond acceptors (Lipinski definition) is 8. The van der Waals surface area contributed by atoms with E-state index in [1.807, 2.05) is 31.5 Å². The maximum atomic E-state index is 6.22. The Kier molecular flexibility index (Phi) is 6.09. The van der Waals surface area contributed by atoms with Crippen LogP contribution in [0.25, 0.3) is 11.3 Å². The number of aryl methyl sites for hydroxylation is 1. The fraction of sp³-hybridized carbons (Fsp3) is 0.440. The van der Waals surface area contributed by atoms with E-state index in [1.165, 1.54) is 0 Å². The van der Waals surface area contributed by atoms with Crippen molar-refractivity contribution in [2.45, 2.75) is 38.8 Å². The first-order valence-electron chi connectivity index (χ1n) is 11.5. The maximum Gasteiger partial charge on any atom is 0.216 e. The third kappa shape index (κ3) is 4.61. The SMILES string of the molecule is COc1ncc(N2CCc3ncnc(-c4ccnc(OC5CCN(C)CC5)c4)c3C2)cc1C. The molecule has 8 heteroatoms. The number of pyridine rings is 2. The van der Waals surface area contributed by atoms with Gasteiger partial charge in [0.25, 0.3) is 0 Å². The van der Waals surface area contributed by atoms with E-state index >= 15 is 0 Å². The van der Waals surface area contributed by atoms with Crippen LogP contribution in [-0.2, 0) is 13.0 Å². The Hall–Kier alpha value is -3.26. The van der Waals surface area contributed by atoms with Gasteiger partial charge in [0.1, 0.15) is 12.4 Å². The second-order valence-corrected chi connectivity index (χ2v) is 8.84. The van der Waals surface area contributed by atoms with Crippen LogP contribution in [0, 0.1) is 6.92 Å². The molecular formula is C25H30N6O2. The molecule has 0 aromatic carbocycles. The van der Waals surface area contributed by atoms with Crippen LogP contribution in [0.3, 0.4) is 0 Å². The maximum absolute atomic E-state index is 6.22. The van der Waals surface area contributed by atoms with Crippen molar-refractivity contribution in [2.24, 2.45) is 0 Å². The Morgan fingerprint density at radius 1 is 1.03 bits per heavy atom. The first-order chi connectivity index (χ1) is 16.1. The first-order valence-corrected chi connectivity index (χ1v) is 11.5. The van der Waals surface area contributed by atoms with Crippen molar-refractivity contribution >= 4 is 5.69 Å². The highest BCUT2D eigenvalue weighted by Gasteiger charge is 2.24. The summed E-state index contributed by atoms with van der Waals surface area (Å²) in [6.07, 6.45) is 8.47. The van der Waals surface area contributed by atoms with Gasteiger partial charge in [0.15, 0.2) is 0 Å². The van der Waals surface area contributed by atoms with Crippen LogP contribution >= 0.6 is 0 Å². The summed E-state index contributed by atoms with van der Waals surface area (Å²) in [5.74, 6) is 1.33. The molecule has 0 radical (unpaired) electrons. The summed E-state index contributed by atoms with van der Waals surface area (Å²) in [7, 11) is 3.80. The van der Waals surface area contributed by atoms with Crippen LogP contribution in [0.4, 0.5) is 5.69 Å². The van der Waals surface area contributed by atoms with Crippen LogP contribution in [-0.4, -0.2) is 64.7 Å². The zero-order chi connectivity index (χ0) is 22.8. The number of hydrogen-bond donors (Lipinski definition) is 0. The van der Waals surface area contributed by atoms with Crippen molar-refractivity contribution < 1.29 is 9.47 Å². The predicted molar refractivity (Wildman–Crippen MR) is 127 cm³/mol. The highest BCUT2D eigenvalue weighted by Crippen LogP contribution is 2.32. The molecule has 0 bridgehead atoms. The van der Waals surface area contributed by atoms with Crippen molar-refractivity contribution in [3.63, 3.8) is 0 Å². The number of ether oxygens (including phenoxy) is 2. The molecule has 0 saturated carbocycles. The fourth-order valence-electron chi connectivity index (χ4n) is 4.64. The average molecular weight is 447 g/mol. The third-order valence-corrected chi connectivity index (χ3v) is 6.54. The van der Waals surface area contributed by atoms with Crippen LogP contribution in [0.2, 0.25) is 0 Å². The van der Waals surface area contributed by atoms with Crippen molar-refractivity contribution in [2.75, 3.05) is 38.7 Å². The minimum Gasteiger partial charge on any atom is -0.481 e. The molecular weight excluding hydrogens is 416 g/mol. The van der Waals surface area contributed by atoms with Gasteiger partial charge in [-0.2, -0.15) is 0 Å². The van der Waals surface area contributed by atoms with Gasteiger partial charge in [0.2, 0.25) is 11.8 Å². The Morgan fingerprint density at radius 3 is 2.67 bits per heavy atom. The molecule has 0 amide bonds. The van der Waals surface area contributed by atoms with Gasteiger partial charge in [-0.05, 0) is 38.9 Å². The second kappa shape index (κ2) is 9.31. The number of likely N-dealkylation sites (tertiary alicyclic amines) is 1. The lowest BCUT2D eigenvalue weighted by Gasteiger charge is -2.31. The van der Waals surface area contributed by atoms with Crippen molar-refractivity contribution in [1.82, 2.24) is 24.8 Å². The number of anilines is 1. The van der Waals surface area contributed by atoms with Gasteiger partial charge in [-0.3, -0.25) is 0 Å². The summed E-state index contributed by atoms with van der Waals surface area (Å²) in [5, 5.41) is 0. The van der Waals surface area contributed by atoms with E-state index in [0.717, 1.165) is 79.2 Å². The van der Waals surface area contributed by atoms with E-state index in [-0.39, 0.29) is 6.10 Å². The monoisotopic (exact) mass is 446 g/mol. The standard InChI is InChI=1S/C25H30N6O2/c1-17-12-19(14-27-25(17)32-3)31-11-7-22-21(15-31)24(29-16-28-22)18-4-8-26-23(13-18)33-20-5-9-30(2)10-6-20/h4,8,12-14,16,20H,5-7,9-11,15H2,1-3H3. The number of piperidine rings is 1. The number of nitrogens with zero attached hydrogens (tertiary/aromatic N) is 6. The lowest BCUT2D eigenvalue weighted by molar-refractivity contribution is 0.110. The quantitative estimate of drug-likeness (QED) is 0.591. The molecule has 3 aromatic rings. The normalized spacial score (nSPS) is 17.0. The van der Waals surface area contributed by atoms with Crippen molar-refractivity contribution in [1.29, 1.82) is 0 Å². The summed E-state index contributed by atoms with van der Waals surface area (Å²) >= 11 is 0. The van der Waals surface area contributed by atoms with E-state index in [0.29, 0.717) is 11.8 Å². The van der Waals surface area contributed by atoms with E-state index in [9.17, 15) is 0 Å². The average Bonchev–Trinajstić information content (AvgIpc) is 2.85. The molecule has 5 rings (SSSR count). The van der Waals surface area contributed by atoms with Gasteiger partial charge < -0.3 is 19.3 Å². The van der Waals surface area contributed by atoms with E-state index in [1.54, 1.807) is 13.4 Å². The number of fused-ring (bicyclic) bond motifs is 1. The first kappa shape index (κ1) is 21.6. The predicted octanol–water partition coefficient (Wildman–Crippen LogP) is 3.29. The Labute approximate surface area is 194 Å². The minimum absolute atomic E-state index is 0.213. The Bertz CT molecular complexity index is 1130. The lowest BCUT2D eigenvalue weighted by Crippen LogP contribution is -2.35. The highest BCUT2D eigenvalue weighted by molar-refractivity contribution is 5.66. The molecule has 5 heterocycles. The molecule has 0 unspecified atom stereocenters. The van der Waals surface area contributed by atoms with Gasteiger partial charge in [0.05, 0.1) is 30.4 Å². The van der Waals surface area contributed by atoms with E-state index < -0.39 is 0 Å². The molecule has 0 aliphatic carbocycles. The van der Waals surface area contributed by atoms with Crippen LogP contribution in [0.15, 0.2) is 36.9 Å². The van der Waals surface area contributed by atoms with Crippen LogP contribution in [0.1, 0.15) is 29.7 Å². The molecule has 2 aliphatic rings. The van der Waals surface area contributed by atoms with Crippen LogP contribution in [0.5, 0.6) is 11.8 Å². The summed E-state index contributed by atoms with van der Waals surface area (Å²) in [4.78, 5) is 22.8. The van der Waals surface area contributed by atoms with Gasteiger partial charge in [-0.1, -0.05) is 0 Å². The molecule has 0 N–H and O–H groups in total. The zero-order valence-corrected chi connectivity index (χ0v) is 19.5. The lowest BCUT2D eigenvalue weighted by atomic mass is 9.99. The molecule has 3 aromatic heterocycles. The number of methoxy groups -OCH3 is 1. The van der Waals surface area contributed by atoms with E-state index in [2.05, 4.69) is 42.8 Å². The van der Waals surface area contributed by atoms with Crippen molar-refractivity contribution in [3.05, 3.63) is 53.7 Å². The third-order valence-electron chi connectivity index (χ3n) is 6.54. The molecule has 1 fully saturated rings. The van der Waals surface area contributed by atoms with Gasteiger partial charge >= 0.3 is 0 Å². The molecule has 33 heavy (non-hydrogen) atoms. The molecule has 8 nitrogen and oxygen atoms in total. The topological polar surface area (TPSA) is 76.5 Å². The molecule has 172 valence electrons. The van der Waals surface area contributed by atoms with Gasteiger partial charge in [-0.25, -0.2) is 19.9 Å². The number of aromatic nitrogens is 4. The fourth-order valence-corrected chi connectivity index (χ4v) is 4.64. The minimum atomic E-state index is 0.213. The largest absolute Gasteiger partial charge is 0.481 e. The summed E-state index contributed by atoms with van der Waals surface area (Å²) in [6, 6.07) is 6.14. The zero-order valence-electron chi connectivity index (χ0n) is 19.5. The summed E-state index contributed by atoms with van der Waals surface area (Å²) in [5.41, 5.74) is 6.30. The Balaban J connectivity index is 1.40. The molecule has 1 saturated heterocycles. The smallest absolute Gasteiger partial charge is 0.216 e. The molecule has 0 atom stereocenters. The summed E-state index contributed by atoms with van der Waals surface area (Å²) < 4.78 is 11.5. The van der Waals surface area contributed by atoms with Gasteiger partial charge in [0, 0.05) is 61.6 Å². The number of rotatable bonds is 5. The summed E-state index contributed by atoms with van der Waals surface area (Å²) in [6.45, 7) is 5.74. The highest BCUT2D eigenvalue weighted by atomic mass is 16.5. The molecule has 2 aliphatic heterocycles. The van der Waals surface area contributed by atoms with E-state index in [4.69, 9.17) is 9.47 Å². The van der Waals surface area contributed by atoms with Gasteiger partial charge in [-0.15, -0.1) is 0 Å². The van der Waals surface area contributed by atoms with Crippen LogP contribution < -0.4 is 14.4 Å². The van der Waals surface area contributed by atoms with Crippen molar-refractivity contribution in [3.8, 4) is 23.0 Å².